The van der Waals surface area contributed by atoms with Crippen molar-refractivity contribution in [1.82, 2.24) is 9.21 Å². The number of rotatable bonds is 6. The van der Waals surface area contributed by atoms with Crippen molar-refractivity contribution in [3.05, 3.63) is 63.7 Å². The highest BCUT2D eigenvalue weighted by atomic mass is 32.2. The van der Waals surface area contributed by atoms with Crippen LogP contribution in [-0.4, -0.2) is 61.8 Å². The minimum atomic E-state index is -3.76. The first-order valence-electron chi connectivity index (χ1n) is 12.1. The molecular weight excluding hydrogens is 466 g/mol. The number of nitro groups is 1. The van der Waals surface area contributed by atoms with Crippen molar-refractivity contribution < 1.29 is 13.3 Å². The molecule has 4 rings (SSSR count). The SMILES string of the molecule is N#Cc1ccc(CN2CCCN(c3ccc(S(=O)(=O)N4CCCCCC4)cc3[N+](=O)[O-])CC2)cc1. The molecule has 0 unspecified atom stereocenters. The second kappa shape index (κ2) is 11.2. The largest absolute Gasteiger partial charge is 0.365 e. The second-order valence-electron chi connectivity index (χ2n) is 9.15. The minimum absolute atomic E-state index is 0.00730. The van der Waals surface area contributed by atoms with Gasteiger partial charge in [0, 0.05) is 51.9 Å². The maximum Gasteiger partial charge on any atom is 0.293 e. The van der Waals surface area contributed by atoms with Crippen LogP contribution in [0.4, 0.5) is 11.4 Å². The summed E-state index contributed by atoms with van der Waals surface area (Å²) < 4.78 is 27.8. The quantitative estimate of drug-likeness (QED) is 0.441. The molecule has 0 radical (unpaired) electrons. The lowest BCUT2D eigenvalue weighted by molar-refractivity contribution is -0.384. The van der Waals surface area contributed by atoms with Crippen LogP contribution in [0.1, 0.15) is 43.2 Å². The van der Waals surface area contributed by atoms with Crippen LogP contribution in [-0.2, 0) is 16.6 Å². The molecule has 10 heteroatoms. The predicted octanol–water partition coefficient (Wildman–Crippen LogP) is 3.74. The first kappa shape index (κ1) is 25.1. The van der Waals surface area contributed by atoms with Crippen LogP contribution in [0.5, 0.6) is 0 Å². The molecule has 0 aromatic heterocycles. The van der Waals surface area contributed by atoms with E-state index in [1.165, 1.54) is 16.4 Å². The Morgan fingerprint density at radius 2 is 1.60 bits per heavy atom. The molecule has 0 saturated carbocycles. The molecule has 2 fully saturated rings. The van der Waals surface area contributed by atoms with E-state index in [2.05, 4.69) is 11.0 Å². The summed E-state index contributed by atoms with van der Waals surface area (Å²) in [6.07, 6.45) is 4.46. The molecule has 2 aliphatic rings. The topological polar surface area (TPSA) is 111 Å². The van der Waals surface area contributed by atoms with Crippen molar-refractivity contribution in [1.29, 1.82) is 5.26 Å². The fourth-order valence-corrected chi connectivity index (χ4v) is 6.36. The molecule has 0 amide bonds. The van der Waals surface area contributed by atoms with E-state index in [1.54, 1.807) is 6.07 Å². The van der Waals surface area contributed by atoms with Gasteiger partial charge in [0.15, 0.2) is 0 Å². The van der Waals surface area contributed by atoms with E-state index in [0.717, 1.165) is 57.3 Å². The summed E-state index contributed by atoms with van der Waals surface area (Å²) in [4.78, 5) is 15.8. The van der Waals surface area contributed by atoms with Gasteiger partial charge in [0.25, 0.3) is 5.69 Å². The number of nitriles is 1. The smallest absolute Gasteiger partial charge is 0.293 e. The molecule has 0 N–H and O–H groups in total. The lowest BCUT2D eigenvalue weighted by atomic mass is 10.1. The number of hydrogen-bond donors (Lipinski definition) is 0. The third kappa shape index (κ3) is 5.99. The molecule has 2 saturated heterocycles. The Kier molecular flexibility index (Phi) is 8.00. The maximum atomic E-state index is 13.2. The Hall–Kier alpha value is -3.00. The number of nitro benzene ring substituents is 1. The Morgan fingerprint density at radius 3 is 2.26 bits per heavy atom. The number of benzene rings is 2. The van der Waals surface area contributed by atoms with Gasteiger partial charge in [-0.2, -0.15) is 9.57 Å². The van der Waals surface area contributed by atoms with E-state index in [9.17, 15) is 18.5 Å². The van der Waals surface area contributed by atoms with E-state index in [4.69, 9.17) is 5.26 Å². The molecule has 186 valence electrons. The van der Waals surface area contributed by atoms with Gasteiger partial charge >= 0.3 is 0 Å². The molecule has 2 aliphatic heterocycles. The van der Waals surface area contributed by atoms with Crippen LogP contribution in [0.3, 0.4) is 0 Å². The minimum Gasteiger partial charge on any atom is -0.365 e. The van der Waals surface area contributed by atoms with E-state index >= 15 is 0 Å². The summed E-state index contributed by atoms with van der Waals surface area (Å²) in [7, 11) is -3.76. The average Bonchev–Trinajstić information content (AvgIpc) is 3.28. The highest BCUT2D eigenvalue weighted by Crippen LogP contribution is 2.33. The lowest BCUT2D eigenvalue weighted by Crippen LogP contribution is -2.32. The van der Waals surface area contributed by atoms with Gasteiger partial charge in [-0.05, 0) is 49.1 Å². The van der Waals surface area contributed by atoms with Crippen LogP contribution >= 0.6 is 0 Å². The Morgan fingerprint density at radius 1 is 0.886 bits per heavy atom. The van der Waals surface area contributed by atoms with Gasteiger partial charge in [0.05, 0.1) is 21.5 Å². The highest BCUT2D eigenvalue weighted by Gasteiger charge is 2.29. The predicted molar refractivity (Wildman–Crippen MR) is 134 cm³/mol. The van der Waals surface area contributed by atoms with Gasteiger partial charge in [-0.3, -0.25) is 15.0 Å². The Bertz CT molecular complexity index is 1190. The highest BCUT2D eigenvalue weighted by molar-refractivity contribution is 7.89. The monoisotopic (exact) mass is 497 g/mol. The van der Waals surface area contributed by atoms with Crippen molar-refractivity contribution >= 4 is 21.4 Å². The maximum absolute atomic E-state index is 13.2. The van der Waals surface area contributed by atoms with Gasteiger partial charge in [-0.1, -0.05) is 25.0 Å². The third-order valence-electron chi connectivity index (χ3n) is 6.76. The molecule has 2 aromatic rings. The Balaban J connectivity index is 1.50. The van der Waals surface area contributed by atoms with Crippen molar-refractivity contribution in [3.63, 3.8) is 0 Å². The van der Waals surface area contributed by atoms with Crippen molar-refractivity contribution in [3.8, 4) is 6.07 Å². The van der Waals surface area contributed by atoms with Crippen LogP contribution in [0.2, 0.25) is 0 Å². The zero-order valence-electron chi connectivity index (χ0n) is 19.8. The summed E-state index contributed by atoms with van der Waals surface area (Å²) in [6, 6.07) is 14.0. The van der Waals surface area contributed by atoms with Gasteiger partial charge in [-0.25, -0.2) is 8.42 Å². The van der Waals surface area contributed by atoms with Crippen molar-refractivity contribution in [2.45, 2.75) is 43.5 Å². The summed E-state index contributed by atoms with van der Waals surface area (Å²) in [5.41, 5.74) is 2.04. The molecular formula is C25H31N5O4S. The van der Waals surface area contributed by atoms with Crippen LogP contribution in [0.15, 0.2) is 47.4 Å². The molecule has 0 atom stereocenters. The normalized spacial score (nSPS) is 18.4. The number of sulfonamides is 1. The lowest BCUT2D eigenvalue weighted by Gasteiger charge is -2.24. The zero-order chi connectivity index (χ0) is 24.8. The summed E-state index contributed by atoms with van der Waals surface area (Å²) in [5.74, 6) is 0. The van der Waals surface area contributed by atoms with Crippen molar-refractivity contribution in [2.75, 3.05) is 44.2 Å². The zero-order valence-corrected chi connectivity index (χ0v) is 20.6. The van der Waals surface area contributed by atoms with Gasteiger partial charge in [-0.15, -0.1) is 0 Å². The average molecular weight is 498 g/mol. The van der Waals surface area contributed by atoms with Crippen LogP contribution < -0.4 is 4.90 Å². The van der Waals surface area contributed by atoms with E-state index in [1.807, 2.05) is 29.2 Å². The number of hydrogen-bond acceptors (Lipinski definition) is 7. The molecule has 0 aliphatic carbocycles. The first-order chi connectivity index (χ1) is 16.9. The molecule has 0 spiro atoms. The third-order valence-corrected chi connectivity index (χ3v) is 8.66. The molecule has 9 nitrogen and oxygen atoms in total. The van der Waals surface area contributed by atoms with E-state index < -0.39 is 14.9 Å². The fourth-order valence-electron chi connectivity index (χ4n) is 4.82. The second-order valence-corrected chi connectivity index (χ2v) is 11.1. The van der Waals surface area contributed by atoms with Gasteiger partial charge in [0.1, 0.15) is 5.69 Å². The van der Waals surface area contributed by atoms with Crippen LogP contribution in [0, 0.1) is 21.4 Å². The van der Waals surface area contributed by atoms with Gasteiger partial charge in [0.2, 0.25) is 10.0 Å². The molecule has 35 heavy (non-hydrogen) atoms. The Labute approximate surface area is 206 Å². The number of anilines is 1. The number of nitrogens with zero attached hydrogens (tertiary/aromatic N) is 5. The van der Waals surface area contributed by atoms with Crippen LogP contribution in [0.25, 0.3) is 0 Å². The van der Waals surface area contributed by atoms with Gasteiger partial charge < -0.3 is 4.90 Å². The summed E-state index contributed by atoms with van der Waals surface area (Å²) in [5, 5.41) is 20.9. The first-order valence-corrected chi connectivity index (χ1v) is 13.6. The summed E-state index contributed by atoms with van der Waals surface area (Å²) in [6.45, 7) is 4.50. The van der Waals surface area contributed by atoms with E-state index in [-0.39, 0.29) is 10.6 Å². The molecule has 0 bridgehead atoms. The standard InChI is InChI=1S/C25H31N5O4S/c26-19-21-6-8-22(9-7-21)20-27-12-5-13-28(17-16-27)24-11-10-23(18-25(24)30(31)32)35(33,34)29-14-3-1-2-4-15-29/h6-11,18H,1-5,12-17,20H2. The molecule has 2 aromatic carbocycles. The molecule has 2 heterocycles. The van der Waals surface area contributed by atoms with Crippen molar-refractivity contribution in [2.24, 2.45) is 0 Å². The fraction of sp³-hybridized carbons (Fsp3) is 0.480. The summed E-state index contributed by atoms with van der Waals surface area (Å²) >= 11 is 0. The van der Waals surface area contributed by atoms with E-state index in [0.29, 0.717) is 37.4 Å².